The van der Waals surface area contributed by atoms with Gasteiger partial charge in [-0.2, -0.15) is 4.98 Å². The molecule has 1 aromatic heterocycles. The lowest BCUT2D eigenvalue weighted by atomic mass is 10.4. The molecule has 2 aliphatic rings. The summed E-state index contributed by atoms with van der Waals surface area (Å²) in [7, 11) is 0. The summed E-state index contributed by atoms with van der Waals surface area (Å²) in [5.74, 6) is 0.899. The maximum atomic E-state index is 11.8. The van der Waals surface area contributed by atoms with Crippen molar-refractivity contribution < 1.29 is 4.42 Å². The largest absolute Gasteiger partial charge is 0.465 e. The zero-order valence-corrected chi connectivity index (χ0v) is 9.67. The first-order valence-electron chi connectivity index (χ1n) is 5.35. The van der Waals surface area contributed by atoms with Gasteiger partial charge in [-0.3, -0.25) is 9.89 Å². The van der Waals surface area contributed by atoms with Gasteiger partial charge in [-0.25, -0.2) is 9.67 Å². The van der Waals surface area contributed by atoms with Crippen LogP contribution in [0.25, 0.3) is 18.6 Å². The minimum atomic E-state index is -0.361. The second-order valence-corrected chi connectivity index (χ2v) is 3.88. The van der Waals surface area contributed by atoms with Crippen LogP contribution in [0.15, 0.2) is 27.6 Å². The van der Waals surface area contributed by atoms with Crippen molar-refractivity contribution >= 4 is 12.7 Å². The zero-order chi connectivity index (χ0) is 12.7. The van der Waals surface area contributed by atoms with Crippen LogP contribution in [0.5, 0.6) is 0 Å². The molecule has 0 fully saturated rings. The van der Waals surface area contributed by atoms with Gasteiger partial charge in [0.2, 0.25) is 0 Å². The molecule has 0 spiro atoms. The maximum absolute atomic E-state index is 11.8. The van der Waals surface area contributed by atoms with Crippen LogP contribution in [-0.4, -0.2) is 19.7 Å². The molecule has 6 nitrogen and oxygen atoms in total. The maximum Gasteiger partial charge on any atom is 0.299 e. The van der Waals surface area contributed by atoms with E-state index in [1.165, 1.54) is 4.68 Å². The van der Waals surface area contributed by atoms with E-state index in [1.807, 2.05) is 0 Å². The van der Waals surface area contributed by atoms with Crippen LogP contribution in [-0.2, 0) is 0 Å². The van der Waals surface area contributed by atoms with Gasteiger partial charge in [-0.1, -0.05) is 6.58 Å². The minimum Gasteiger partial charge on any atom is -0.465 e. The third kappa shape index (κ3) is 1.55. The highest BCUT2D eigenvalue weighted by Crippen LogP contribution is 2.00. The number of fused-ring (bicyclic) bond motifs is 1. The van der Waals surface area contributed by atoms with Crippen molar-refractivity contribution in [3.05, 3.63) is 50.9 Å². The molecule has 0 aliphatic carbocycles. The summed E-state index contributed by atoms with van der Waals surface area (Å²) in [6.45, 7) is 5.61. The second-order valence-electron chi connectivity index (χ2n) is 3.88. The van der Waals surface area contributed by atoms with Gasteiger partial charge in [0.25, 0.3) is 11.5 Å². The summed E-state index contributed by atoms with van der Waals surface area (Å²) < 4.78 is 6.68. The Balaban J connectivity index is 2.38. The molecular formula is C12H10N4O2. The summed E-state index contributed by atoms with van der Waals surface area (Å²) in [5, 5.41) is 3.96. The molecule has 3 heterocycles. The number of rotatable bonds is 1. The van der Waals surface area contributed by atoms with Gasteiger partial charge in [-0.15, -0.1) is 0 Å². The average Bonchev–Trinajstić information content (AvgIpc) is 2.92. The van der Waals surface area contributed by atoms with Crippen LogP contribution in [0.3, 0.4) is 0 Å². The molecule has 2 aliphatic heterocycles. The van der Waals surface area contributed by atoms with Crippen LogP contribution < -0.4 is 16.3 Å². The zero-order valence-electron chi connectivity index (χ0n) is 9.67. The fourth-order valence-corrected chi connectivity index (χ4v) is 1.65. The van der Waals surface area contributed by atoms with Crippen LogP contribution in [0, 0.1) is 6.92 Å². The summed E-state index contributed by atoms with van der Waals surface area (Å²) in [6, 6.07) is 3.50. The van der Waals surface area contributed by atoms with E-state index >= 15 is 0 Å². The SMILES string of the molecule is C=c1[nH]n2/c(=C/c3ccco3)c(=O)nc-2nc1C. The average molecular weight is 242 g/mol. The number of hydrogen-bond acceptors (Lipinski definition) is 4. The summed E-state index contributed by atoms with van der Waals surface area (Å²) in [4.78, 5) is 19.9. The van der Waals surface area contributed by atoms with E-state index in [2.05, 4.69) is 21.6 Å². The lowest BCUT2D eigenvalue weighted by Gasteiger charge is -2.03. The lowest BCUT2D eigenvalue weighted by molar-refractivity contribution is 0.556. The normalized spacial score (nSPS) is 12.4. The van der Waals surface area contributed by atoms with Crippen LogP contribution in [0.4, 0.5) is 0 Å². The number of furan rings is 1. The lowest BCUT2D eigenvalue weighted by Crippen LogP contribution is -2.32. The highest BCUT2D eigenvalue weighted by molar-refractivity contribution is 5.42. The van der Waals surface area contributed by atoms with Crippen molar-refractivity contribution in [1.82, 2.24) is 19.7 Å². The van der Waals surface area contributed by atoms with Gasteiger partial charge in [0, 0.05) is 6.08 Å². The number of nitrogens with zero attached hydrogens (tertiary/aromatic N) is 3. The molecular weight excluding hydrogens is 232 g/mol. The highest BCUT2D eigenvalue weighted by Gasteiger charge is 2.11. The Morgan fingerprint density at radius 1 is 1.50 bits per heavy atom. The number of imidazole rings is 1. The van der Waals surface area contributed by atoms with Crippen molar-refractivity contribution in [3.8, 4) is 5.95 Å². The Labute approximate surface area is 101 Å². The Morgan fingerprint density at radius 3 is 3.06 bits per heavy atom. The van der Waals surface area contributed by atoms with Gasteiger partial charge < -0.3 is 4.42 Å². The molecule has 0 amide bonds. The van der Waals surface area contributed by atoms with Crippen LogP contribution in [0.2, 0.25) is 0 Å². The topological polar surface area (TPSA) is 76.7 Å². The molecule has 90 valence electrons. The molecule has 0 saturated carbocycles. The number of aryl methyl sites for hydroxylation is 1. The number of hydrogen-bond donors (Lipinski definition) is 1. The van der Waals surface area contributed by atoms with Gasteiger partial charge in [-0.05, 0) is 19.1 Å². The van der Waals surface area contributed by atoms with Gasteiger partial charge in [0.05, 0.1) is 17.3 Å². The first-order chi connectivity index (χ1) is 8.65. The van der Waals surface area contributed by atoms with E-state index in [0.29, 0.717) is 28.1 Å². The van der Waals surface area contributed by atoms with Gasteiger partial charge >= 0.3 is 0 Å². The Hall–Kier alpha value is -2.63. The molecule has 0 atom stereocenters. The smallest absolute Gasteiger partial charge is 0.299 e. The quantitative estimate of drug-likeness (QED) is 0.626. The number of H-pyrrole nitrogens is 1. The predicted octanol–water partition coefficient (Wildman–Crippen LogP) is -0.466. The molecule has 18 heavy (non-hydrogen) atoms. The summed E-state index contributed by atoms with van der Waals surface area (Å²) in [5.41, 5.74) is 0.345. The van der Waals surface area contributed by atoms with Crippen molar-refractivity contribution in [1.29, 1.82) is 0 Å². The van der Waals surface area contributed by atoms with Crippen LogP contribution >= 0.6 is 0 Å². The van der Waals surface area contributed by atoms with E-state index < -0.39 is 0 Å². The first-order valence-corrected chi connectivity index (χ1v) is 5.35. The van der Waals surface area contributed by atoms with Crippen molar-refractivity contribution in [2.75, 3.05) is 0 Å². The van der Waals surface area contributed by atoms with E-state index in [0.717, 1.165) is 0 Å². The number of nitrogens with one attached hydrogen (secondary N) is 1. The van der Waals surface area contributed by atoms with E-state index in [1.54, 1.807) is 31.4 Å². The van der Waals surface area contributed by atoms with Crippen molar-refractivity contribution in [3.63, 3.8) is 0 Å². The van der Waals surface area contributed by atoms with Crippen molar-refractivity contribution in [2.45, 2.75) is 6.92 Å². The first kappa shape index (κ1) is 10.5. The Bertz CT molecular complexity index is 826. The second kappa shape index (κ2) is 3.69. The Morgan fingerprint density at radius 2 is 2.33 bits per heavy atom. The third-order valence-electron chi connectivity index (χ3n) is 2.63. The number of aromatic amines is 1. The molecule has 6 heteroatoms. The number of aromatic nitrogens is 4. The highest BCUT2D eigenvalue weighted by atomic mass is 16.3. The molecule has 0 unspecified atom stereocenters. The Kier molecular flexibility index (Phi) is 2.16. The standard InChI is InChI=1S/C12H10N4O2/c1-7-8(2)15-16-10(6-9-4-3-5-18-9)11(17)14-12(16)13-7/h3-6,15H,2H2,1H3/b10-6+. The molecule has 0 bridgehead atoms. The van der Waals surface area contributed by atoms with E-state index in [-0.39, 0.29) is 5.56 Å². The molecule has 3 rings (SSSR count). The molecule has 1 aromatic rings. The fraction of sp³-hybridized carbons (Fsp3) is 0.0833. The van der Waals surface area contributed by atoms with Crippen molar-refractivity contribution in [2.24, 2.45) is 0 Å². The minimum absolute atomic E-state index is 0.322. The fourth-order valence-electron chi connectivity index (χ4n) is 1.65. The van der Waals surface area contributed by atoms with Crippen LogP contribution in [0.1, 0.15) is 11.5 Å². The monoisotopic (exact) mass is 242 g/mol. The summed E-state index contributed by atoms with van der Waals surface area (Å²) in [6.07, 6.45) is 3.15. The van der Waals surface area contributed by atoms with E-state index in [4.69, 9.17) is 4.42 Å². The summed E-state index contributed by atoms with van der Waals surface area (Å²) >= 11 is 0. The van der Waals surface area contributed by atoms with E-state index in [9.17, 15) is 4.79 Å². The van der Waals surface area contributed by atoms with Gasteiger partial charge in [0.15, 0.2) is 0 Å². The molecule has 1 N–H and O–H groups in total. The third-order valence-corrected chi connectivity index (χ3v) is 2.63. The molecule has 0 radical (unpaired) electrons. The van der Waals surface area contributed by atoms with Gasteiger partial charge in [0.1, 0.15) is 11.1 Å². The molecule has 0 aromatic carbocycles. The molecule has 0 saturated heterocycles. The predicted molar refractivity (Wildman–Crippen MR) is 64.9 cm³/mol.